The number of halogens is 4. The van der Waals surface area contributed by atoms with Gasteiger partial charge in [-0.1, -0.05) is 0 Å². The van der Waals surface area contributed by atoms with Crippen molar-refractivity contribution in [1.29, 1.82) is 0 Å². The van der Waals surface area contributed by atoms with Crippen LogP contribution in [-0.2, 0) is 14.6 Å². The molecule has 0 spiro atoms. The van der Waals surface area contributed by atoms with E-state index in [0.717, 1.165) is 48.5 Å². The largest absolute Gasteiger partial charge is 0.426 e. The zero-order valence-corrected chi connectivity index (χ0v) is 14.0. The van der Waals surface area contributed by atoms with Crippen molar-refractivity contribution in [3.8, 4) is 0 Å². The molecule has 0 bridgehead atoms. The van der Waals surface area contributed by atoms with Crippen LogP contribution in [0.4, 0.5) is 23.2 Å². The molecule has 2 aromatic rings. The first-order chi connectivity index (χ1) is 11.9. The van der Waals surface area contributed by atoms with Crippen LogP contribution in [0.25, 0.3) is 0 Å². The summed E-state index contributed by atoms with van der Waals surface area (Å²) < 4.78 is 75.5. The molecule has 26 heavy (non-hydrogen) atoms. The lowest BCUT2D eigenvalue weighted by molar-refractivity contribution is -0.242. The highest BCUT2D eigenvalue weighted by molar-refractivity contribution is 7.91. The number of anilines is 1. The SMILES string of the molecule is CC(O)(C(=O)Nc1ccc(S(=O)(=O)c2ccc(F)cc2)cc1)C(F)(F)F. The van der Waals surface area contributed by atoms with E-state index in [1.54, 1.807) is 0 Å². The summed E-state index contributed by atoms with van der Waals surface area (Å²) in [6, 6.07) is 8.36. The van der Waals surface area contributed by atoms with Crippen LogP contribution in [-0.4, -0.2) is 31.2 Å². The summed E-state index contributed by atoms with van der Waals surface area (Å²) in [7, 11) is -3.96. The summed E-state index contributed by atoms with van der Waals surface area (Å²) >= 11 is 0. The van der Waals surface area contributed by atoms with Crippen LogP contribution in [0.1, 0.15) is 6.92 Å². The molecule has 0 saturated carbocycles. The fourth-order valence-corrected chi connectivity index (χ4v) is 3.11. The molecule has 0 heterocycles. The van der Waals surface area contributed by atoms with Gasteiger partial charge in [0.1, 0.15) is 5.82 Å². The van der Waals surface area contributed by atoms with E-state index in [9.17, 15) is 35.9 Å². The van der Waals surface area contributed by atoms with Gasteiger partial charge in [0, 0.05) is 5.69 Å². The average molecular weight is 391 g/mol. The Hall–Kier alpha value is -2.46. The fraction of sp³-hybridized carbons (Fsp3) is 0.188. The lowest BCUT2D eigenvalue weighted by Gasteiger charge is -2.24. The lowest BCUT2D eigenvalue weighted by atomic mass is 10.1. The topological polar surface area (TPSA) is 83.5 Å². The second-order valence-electron chi connectivity index (χ2n) is 5.51. The molecule has 0 aromatic heterocycles. The normalized spacial score (nSPS) is 14.5. The van der Waals surface area contributed by atoms with Crippen molar-refractivity contribution in [2.75, 3.05) is 5.32 Å². The summed E-state index contributed by atoms with van der Waals surface area (Å²) in [5.74, 6) is -2.32. The van der Waals surface area contributed by atoms with Gasteiger partial charge in [0.05, 0.1) is 9.79 Å². The highest BCUT2D eigenvalue weighted by Gasteiger charge is 2.55. The molecular weight excluding hydrogens is 378 g/mol. The van der Waals surface area contributed by atoms with Gasteiger partial charge in [-0.3, -0.25) is 4.79 Å². The number of rotatable bonds is 4. The number of benzene rings is 2. The van der Waals surface area contributed by atoms with Crippen molar-refractivity contribution < 1.29 is 35.9 Å². The number of alkyl halides is 3. The molecule has 5 nitrogen and oxygen atoms in total. The van der Waals surface area contributed by atoms with Gasteiger partial charge in [-0.25, -0.2) is 12.8 Å². The molecule has 2 rings (SSSR count). The van der Waals surface area contributed by atoms with Crippen LogP contribution < -0.4 is 5.32 Å². The minimum atomic E-state index is -5.18. The van der Waals surface area contributed by atoms with Crippen molar-refractivity contribution >= 4 is 21.4 Å². The van der Waals surface area contributed by atoms with E-state index in [0.29, 0.717) is 6.92 Å². The van der Waals surface area contributed by atoms with Crippen LogP contribution in [0.3, 0.4) is 0 Å². The van der Waals surface area contributed by atoms with Gasteiger partial charge < -0.3 is 10.4 Å². The third-order valence-electron chi connectivity index (χ3n) is 3.54. The van der Waals surface area contributed by atoms with E-state index in [4.69, 9.17) is 0 Å². The Morgan fingerprint density at radius 2 is 1.38 bits per heavy atom. The molecule has 0 aliphatic heterocycles. The summed E-state index contributed by atoms with van der Waals surface area (Å²) in [6.07, 6.45) is -5.18. The Morgan fingerprint density at radius 1 is 0.962 bits per heavy atom. The predicted octanol–water partition coefficient (Wildman–Crippen LogP) is 2.91. The van der Waals surface area contributed by atoms with Crippen molar-refractivity contribution in [2.24, 2.45) is 0 Å². The Balaban J connectivity index is 2.23. The molecular formula is C16H13F4NO4S. The van der Waals surface area contributed by atoms with Gasteiger partial charge in [-0.15, -0.1) is 0 Å². The van der Waals surface area contributed by atoms with Gasteiger partial charge in [-0.2, -0.15) is 13.2 Å². The number of sulfone groups is 1. The molecule has 10 heteroatoms. The van der Waals surface area contributed by atoms with E-state index in [2.05, 4.69) is 0 Å². The Kier molecular flexibility index (Phi) is 5.11. The van der Waals surface area contributed by atoms with Crippen LogP contribution >= 0.6 is 0 Å². The Labute approximate surface area is 146 Å². The third kappa shape index (κ3) is 3.86. The van der Waals surface area contributed by atoms with Crippen molar-refractivity contribution in [2.45, 2.75) is 28.5 Å². The van der Waals surface area contributed by atoms with E-state index in [-0.39, 0.29) is 15.5 Å². The Bertz CT molecular complexity index is 905. The van der Waals surface area contributed by atoms with Gasteiger partial charge in [-0.05, 0) is 55.5 Å². The van der Waals surface area contributed by atoms with E-state index in [1.165, 1.54) is 0 Å². The zero-order valence-electron chi connectivity index (χ0n) is 13.2. The molecule has 0 saturated heterocycles. The Morgan fingerprint density at radius 3 is 1.81 bits per heavy atom. The number of carbonyl (C=O) groups is 1. The molecule has 0 radical (unpaired) electrons. The molecule has 0 fully saturated rings. The molecule has 1 amide bonds. The van der Waals surface area contributed by atoms with Crippen molar-refractivity contribution in [1.82, 2.24) is 0 Å². The predicted molar refractivity (Wildman–Crippen MR) is 83.6 cm³/mol. The summed E-state index contributed by atoms with van der Waals surface area (Å²) in [5.41, 5.74) is -3.75. The highest BCUT2D eigenvalue weighted by atomic mass is 32.2. The number of hydrogen-bond acceptors (Lipinski definition) is 4. The van der Waals surface area contributed by atoms with E-state index >= 15 is 0 Å². The maximum Gasteiger partial charge on any atom is 0.426 e. The van der Waals surface area contributed by atoms with Gasteiger partial charge in [0.25, 0.3) is 5.91 Å². The monoisotopic (exact) mass is 391 g/mol. The van der Waals surface area contributed by atoms with Crippen molar-refractivity contribution in [3.63, 3.8) is 0 Å². The second-order valence-corrected chi connectivity index (χ2v) is 7.46. The molecule has 2 N–H and O–H groups in total. The number of carbonyl (C=O) groups excluding carboxylic acids is 1. The molecule has 0 aliphatic rings. The van der Waals surface area contributed by atoms with E-state index < -0.39 is 33.3 Å². The van der Waals surface area contributed by atoms with Crippen LogP contribution in [0.15, 0.2) is 58.3 Å². The summed E-state index contributed by atoms with van der Waals surface area (Å²) in [4.78, 5) is 11.2. The smallest absolute Gasteiger partial charge is 0.373 e. The average Bonchev–Trinajstić information content (AvgIpc) is 2.54. The van der Waals surface area contributed by atoms with Crippen LogP contribution in [0.2, 0.25) is 0 Å². The number of nitrogens with one attached hydrogen (secondary N) is 1. The molecule has 1 atom stereocenters. The number of amides is 1. The molecule has 0 aliphatic carbocycles. The maximum atomic E-state index is 12.9. The second kappa shape index (κ2) is 6.69. The van der Waals surface area contributed by atoms with Crippen molar-refractivity contribution in [3.05, 3.63) is 54.3 Å². The fourth-order valence-electron chi connectivity index (χ4n) is 1.85. The minimum Gasteiger partial charge on any atom is -0.373 e. The van der Waals surface area contributed by atoms with Gasteiger partial charge in [0.15, 0.2) is 0 Å². The number of aliphatic hydroxyl groups is 1. The van der Waals surface area contributed by atoms with Gasteiger partial charge in [0.2, 0.25) is 15.4 Å². The number of hydrogen-bond donors (Lipinski definition) is 2. The van der Waals surface area contributed by atoms with Gasteiger partial charge >= 0.3 is 6.18 Å². The summed E-state index contributed by atoms with van der Waals surface area (Å²) in [6.45, 7) is 0.301. The molecule has 2 aromatic carbocycles. The zero-order chi connectivity index (χ0) is 19.8. The first-order valence-electron chi connectivity index (χ1n) is 7.07. The third-order valence-corrected chi connectivity index (χ3v) is 5.33. The first-order valence-corrected chi connectivity index (χ1v) is 8.55. The molecule has 140 valence electrons. The van der Waals surface area contributed by atoms with E-state index in [1.807, 2.05) is 5.32 Å². The van der Waals surface area contributed by atoms with Crippen LogP contribution in [0, 0.1) is 5.82 Å². The molecule has 1 unspecified atom stereocenters. The highest BCUT2D eigenvalue weighted by Crippen LogP contribution is 2.31. The minimum absolute atomic E-state index is 0.141. The quantitative estimate of drug-likeness (QED) is 0.620. The standard InChI is InChI=1S/C16H13F4NO4S/c1-15(23,16(18,19)20)14(22)21-11-4-8-13(9-5-11)26(24,25)12-6-2-10(17)3-7-12/h2-9,23H,1H3,(H,21,22). The lowest BCUT2D eigenvalue weighted by Crippen LogP contribution is -2.52. The summed E-state index contributed by atoms with van der Waals surface area (Å²) in [5, 5.41) is 11.1. The van der Waals surface area contributed by atoms with Crippen LogP contribution in [0.5, 0.6) is 0 Å². The maximum absolute atomic E-state index is 12.9. The first kappa shape index (κ1) is 19.9.